The summed E-state index contributed by atoms with van der Waals surface area (Å²) in [6.07, 6.45) is 1.73. The molecular formula is C14H12N2O2. The zero-order valence-electron chi connectivity index (χ0n) is 10.2. The third-order valence-corrected chi connectivity index (χ3v) is 2.40. The van der Waals surface area contributed by atoms with Crippen molar-refractivity contribution in [3.05, 3.63) is 47.7 Å². The summed E-state index contributed by atoms with van der Waals surface area (Å²) in [6.45, 7) is 1.96. The molecule has 0 saturated carbocycles. The lowest BCUT2D eigenvalue weighted by Gasteiger charge is -2.07. The zero-order valence-corrected chi connectivity index (χ0v) is 10.2. The van der Waals surface area contributed by atoms with Crippen molar-refractivity contribution in [1.82, 2.24) is 4.98 Å². The van der Waals surface area contributed by atoms with Gasteiger partial charge in [0.1, 0.15) is 17.6 Å². The number of aromatic nitrogens is 1. The summed E-state index contributed by atoms with van der Waals surface area (Å²) in [4.78, 5) is 4.14. The summed E-state index contributed by atoms with van der Waals surface area (Å²) in [6, 6.07) is 10.8. The summed E-state index contributed by atoms with van der Waals surface area (Å²) < 4.78 is 10.7. The molecule has 2 aromatic rings. The molecule has 18 heavy (non-hydrogen) atoms. The predicted octanol–water partition coefficient (Wildman–Crippen LogP) is 3.06. The number of methoxy groups -OCH3 is 1. The van der Waals surface area contributed by atoms with Crippen molar-refractivity contribution in [2.45, 2.75) is 6.92 Å². The Morgan fingerprint density at radius 2 is 2.06 bits per heavy atom. The first-order valence-corrected chi connectivity index (χ1v) is 5.41. The third-order valence-electron chi connectivity index (χ3n) is 2.40. The van der Waals surface area contributed by atoms with Crippen LogP contribution in [0, 0.1) is 18.3 Å². The number of hydrogen-bond acceptors (Lipinski definition) is 4. The molecule has 4 heteroatoms. The highest BCUT2D eigenvalue weighted by Gasteiger charge is 2.05. The Kier molecular flexibility index (Phi) is 3.44. The number of hydrogen-bond donors (Lipinski definition) is 0. The minimum Gasteiger partial charge on any atom is -0.495 e. The highest BCUT2D eigenvalue weighted by atomic mass is 16.5. The first-order chi connectivity index (χ1) is 8.72. The Morgan fingerprint density at radius 1 is 1.22 bits per heavy atom. The predicted molar refractivity (Wildman–Crippen MR) is 66.8 cm³/mol. The lowest BCUT2D eigenvalue weighted by atomic mass is 10.2. The fourth-order valence-electron chi connectivity index (χ4n) is 1.46. The van der Waals surface area contributed by atoms with Gasteiger partial charge in [-0.1, -0.05) is 6.07 Å². The normalized spacial score (nSPS) is 9.61. The SMILES string of the molecule is COc1cc(Oc2ccc(C)cn2)ccc1C#N. The van der Waals surface area contributed by atoms with E-state index in [0.29, 0.717) is 22.9 Å². The van der Waals surface area contributed by atoms with Gasteiger partial charge in [0, 0.05) is 18.3 Å². The van der Waals surface area contributed by atoms with Crippen LogP contribution >= 0.6 is 0 Å². The van der Waals surface area contributed by atoms with Crippen LogP contribution in [0.5, 0.6) is 17.4 Å². The molecular weight excluding hydrogens is 228 g/mol. The minimum absolute atomic E-state index is 0.474. The highest BCUT2D eigenvalue weighted by Crippen LogP contribution is 2.27. The number of rotatable bonds is 3. The van der Waals surface area contributed by atoms with Crippen molar-refractivity contribution in [1.29, 1.82) is 5.26 Å². The van der Waals surface area contributed by atoms with E-state index >= 15 is 0 Å². The molecule has 0 saturated heterocycles. The van der Waals surface area contributed by atoms with E-state index in [2.05, 4.69) is 4.98 Å². The van der Waals surface area contributed by atoms with Crippen molar-refractivity contribution in [3.8, 4) is 23.4 Å². The molecule has 1 heterocycles. The molecule has 0 atom stereocenters. The molecule has 0 radical (unpaired) electrons. The first-order valence-electron chi connectivity index (χ1n) is 5.41. The highest BCUT2D eigenvalue weighted by molar-refractivity contribution is 5.48. The Morgan fingerprint density at radius 3 is 2.67 bits per heavy atom. The van der Waals surface area contributed by atoms with Gasteiger partial charge in [0.05, 0.1) is 12.7 Å². The van der Waals surface area contributed by atoms with Crippen molar-refractivity contribution in [3.63, 3.8) is 0 Å². The molecule has 0 unspecified atom stereocenters. The average Bonchev–Trinajstić information content (AvgIpc) is 2.41. The van der Waals surface area contributed by atoms with E-state index < -0.39 is 0 Å². The second kappa shape index (κ2) is 5.19. The number of nitriles is 1. The molecule has 90 valence electrons. The maximum Gasteiger partial charge on any atom is 0.219 e. The number of ether oxygens (including phenoxy) is 2. The van der Waals surface area contributed by atoms with Gasteiger partial charge in [0.25, 0.3) is 0 Å². The lowest BCUT2D eigenvalue weighted by Crippen LogP contribution is -1.91. The van der Waals surface area contributed by atoms with E-state index in [1.54, 1.807) is 30.5 Å². The molecule has 0 aliphatic heterocycles. The molecule has 0 aliphatic rings. The van der Waals surface area contributed by atoms with Gasteiger partial charge >= 0.3 is 0 Å². The van der Waals surface area contributed by atoms with Crippen LogP contribution in [0.25, 0.3) is 0 Å². The molecule has 1 aromatic heterocycles. The van der Waals surface area contributed by atoms with Crippen LogP contribution in [-0.2, 0) is 0 Å². The lowest BCUT2D eigenvalue weighted by molar-refractivity contribution is 0.406. The number of benzene rings is 1. The summed E-state index contributed by atoms with van der Waals surface area (Å²) in [7, 11) is 1.52. The maximum atomic E-state index is 8.88. The van der Waals surface area contributed by atoms with Gasteiger partial charge in [-0.25, -0.2) is 4.98 Å². The summed E-state index contributed by atoms with van der Waals surface area (Å²) in [5.74, 6) is 1.58. The monoisotopic (exact) mass is 240 g/mol. The Balaban J connectivity index is 2.25. The average molecular weight is 240 g/mol. The van der Waals surface area contributed by atoms with E-state index in [0.717, 1.165) is 5.56 Å². The fraction of sp³-hybridized carbons (Fsp3) is 0.143. The molecule has 0 bridgehead atoms. The standard InChI is InChI=1S/C14H12N2O2/c1-10-3-6-14(16-9-10)18-12-5-4-11(8-15)13(7-12)17-2/h3-7,9H,1-2H3. The van der Waals surface area contributed by atoms with Gasteiger partial charge in [0.2, 0.25) is 5.88 Å². The van der Waals surface area contributed by atoms with Crippen LogP contribution in [0.4, 0.5) is 0 Å². The van der Waals surface area contributed by atoms with E-state index in [9.17, 15) is 0 Å². The second-order valence-electron chi connectivity index (χ2n) is 3.75. The smallest absolute Gasteiger partial charge is 0.219 e. The third kappa shape index (κ3) is 2.58. The molecule has 0 spiro atoms. The quantitative estimate of drug-likeness (QED) is 0.827. The van der Waals surface area contributed by atoms with Gasteiger partial charge in [0.15, 0.2) is 0 Å². The fourth-order valence-corrected chi connectivity index (χ4v) is 1.46. The molecule has 0 amide bonds. The second-order valence-corrected chi connectivity index (χ2v) is 3.75. The Hall–Kier alpha value is -2.54. The Bertz CT molecular complexity index is 586. The van der Waals surface area contributed by atoms with Gasteiger partial charge in [-0.3, -0.25) is 0 Å². The van der Waals surface area contributed by atoms with Crippen molar-refractivity contribution >= 4 is 0 Å². The van der Waals surface area contributed by atoms with Crippen LogP contribution in [0.3, 0.4) is 0 Å². The van der Waals surface area contributed by atoms with E-state index in [-0.39, 0.29) is 0 Å². The van der Waals surface area contributed by atoms with Crippen LogP contribution in [-0.4, -0.2) is 12.1 Å². The van der Waals surface area contributed by atoms with Crippen LogP contribution in [0.2, 0.25) is 0 Å². The number of pyridine rings is 1. The maximum absolute atomic E-state index is 8.88. The number of aryl methyl sites for hydroxylation is 1. The first kappa shape index (κ1) is 11.9. The molecule has 1 aromatic carbocycles. The van der Waals surface area contributed by atoms with Crippen LogP contribution in [0.1, 0.15) is 11.1 Å². The van der Waals surface area contributed by atoms with Crippen molar-refractivity contribution < 1.29 is 9.47 Å². The minimum atomic E-state index is 0.474. The van der Waals surface area contributed by atoms with E-state index in [1.165, 1.54) is 7.11 Å². The van der Waals surface area contributed by atoms with Gasteiger partial charge < -0.3 is 9.47 Å². The Labute approximate surface area is 105 Å². The van der Waals surface area contributed by atoms with Crippen LogP contribution < -0.4 is 9.47 Å². The molecule has 0 fully saturated rings. The summed E-state index contributed by atoms with van der Waals surface area (Å²) in [5, 5.41) is 8.88. The topological polar surface area (TPSA) is 55.1 Å². The van der Waals surface area contributed by atoms with Crippen LogP contribution in [0.15, 0.2) is 36.5 Å². The van der Waals surface area contributed by atoms with E-state index in [4.69, 9.17) is 14.7 Å². The zero-order chi connectivity index (χ0) is 13.0. The molecule has 2 rings (SSSR count). The van der Waals surface area contributed by atoms with E-state index in [1.807, 2.05) is 19.1 Å². The molecule has 0 N–H and O–H groups in total. The summed E-state index contributed by atoms with van der Waals surface area (Å²) in [5.41, 5.74) is 1.54. The van der Waals surface area contributed by atoms with Gasteiger partial charge in [-0.05, 0) is 24.6 Å². The number of nitrogens with zero attached hydrogens (tertiary/aromatic N) is 2. The van der Waals surface area contributed by atoms with Crippen molar-refractivity contribution in [2.24, 2.45) is 0 Å². The van der Waals surface area contributed by atoms with Crippen molar-refractivity contribution in [2.75, 3.05) is 7.11 Å². The molecule has 4 nitrogen and oxygen atoms in total. The van der Waals surface area contributed by atoms with Gasteiger partial charge in [-0.15, -0.1) is 0 Å². The molecule has 0 aliphatic carbocycles. The van der Waals surface area contributed by atoms with Gasteiger partial charge in [-0.2, -0.15) is 5.26 Å². The largest absolute Gasteiger partial charge is 0.495 e. The summed E-state index contributed by atoms with van der Waals surface area (Å²) >= 11 is 0.